The average Bonchev–Trinajstić information content (AvgIpc) is 3.16. The van der Waals surface area contributed by atoms with Crippen LogP contribution in [-0.2, 0) is 0 Å². The minimum Gasteiger partial charge on any atom is -0.493 e. The van der Waals surface area contributed by atoms with Gasteiger partial charge in [0.1, 0.15) is 0 Å². The van der Waals surface area contributed by atoms with E-state index in [1.165, 1.54) is 19.2 Å². The highest BCUT2D eigenvalue weighted by molar-refractivity contribution is 5.88. The zero-order chi connectivity index (χ0) is 13.2. The molecule has 1 saturated carbocycles. The Kier molecular flexibility index (Phi) is 3.43. The van der Waals surface area contributed by atoms with Crippen molar-refractivity contribution in [2.24, 2.45) is 11.1 Å². The smallest absolute Gasteiger partial charge is 0.335 e. The molecule has 2 rings (SSSR count). The number of carboxylic acids is 1. The molecular weight excluding hydrogens is 234 g/mol. The first-order valence-electron chi connectivity index (χ1n) is 5.84. The van der Waals surface area contributed by atoms with E-state index in [0.29, 0.717) is 24.7 Å². The number of benzene rings is 1. The van der Waals surface area contributed by atoms with E-state index in [1.54, 1.807) is 6.07 Å². The summed E-state index contributed by atoms with van der Waals surface area (Å²) in [7, 11) is 1.49. The van der Waals surface area contributed by atoms with E-state index in [1.807, 2.05) is 0 Å². The number of carboxylic acid groups (broad SMARTS) is 1. The number of hydrogen-bond acceptors (Lipinski definition) is 4. The van der Waals surface area contributed by atoms with Gasteiger partial charge in [-0.05, 0) is 31.0 Å². The van der Waals surface area contributed by atoms with Crippen LogP contribution in [0.1, 0.15) is 23.2 Å². The van der Waals surface area contributed by atoms with Gasteiger partial charge in [-0.15, -0.1) is 0 Å². The third-order valence-corrected chi connectivity index (χ3v) is 3.33. The molecule has 3 N–H and O–H groups in total. The zero-order valence-electron chi connectivity index (χ0n) is 10.3. The van der Waals surface area contributed by atoms with E-state index in [-0.39, 0.29) is 11.0 Å². The number of methoxy groups -OCH3 is 1. The lowest BCUT2D eigenvalue weighted by Gasteiger charge is -2.16. The molecule has 1 aromatic rings. The highest BCUT2D eigenvalue weighted by Crippen LogP contribution is 2.45. The molecule has 1 aromatic carbocycles. The van der Waals surface area contributed by atoms with Gasteiger partial charge in [-0.3, -0.25) is 0 Å². The molecule has 0 saturated heterocycles. The van der Waals surface area contributed by atoms with Crippen molar-refractivity contribution < 1.29 is 19.4 Å². The average molecular weight is 251 g/mol. The Morgan fingerprint density at radius 1 is 1.44 bits per heavy atom. The summed E-state index contributed by atoms with van der Waals surface area (Å²) in [5.41, 5.74) is 5.97. The summed E-state index contributed by atoms with van der Waals surface area (Å²) in [5.74, 6) is 0.00502. The molecule has 5 nitrogen and oxygen atoms in total. The largest absolute Gasteiger partial charge is 0.493 e. The molecule has 0 aliphatic heterocycles. The molecule has 1 aliphatic rings. The number of hydrogen-bond donors (Lipinski definition) is 2. The Hall–Kier alpha value is -1.75. The maximum Gasteiger partial charge on any atom is 0.335 e. The first-order chi connectivity index (χ1) is 8.60. The topological polar surface area (TPSA) is 81.8 Å². The molecule has 1 aliphatic carbocycles. The van der Waals surface area contributed by atoms with Crippen LogP contribution in [-0.4, -0.2) is 31.3 Å². The first-order valence-corrected chi connectivity index (χ1v) is 5.84. The molecule has 5 heteroatoms. The first kappa shape index (κ1) is 12.7. The quantitative estimate of drug-likeness (QED) is 0.801. The van der Waals surface area contributed by atoms with E-state index in [0.717, 1.165) is 12.8 Å². The molecule has 0 unspecified atom stereocenters. The van der Waals surface area contributed by atoms with Crippen molar-refractivity contribution in [2.45, 2.75) is 12.8 Å². The second-order valence-electron chi connectivity index (χ2n) is 4.66. The molecule has 98 valence electrons. The highest BCUT2D eigenvalue weighted by Gasteiger charge is 2.42. The van der Waals surface area contributed by atoms with Gasteiger partial charge in [0.2, 0.25) is 0 Å². The summed E-state index contributed by atoms with van der Waals surface area (Å²) in [5, 5.41) is 8.89. The number of rotatable bonds is 6. The van der Waals surface area contributed by atoms with Crippen LogP contribution in [0.15, 0.2) is 18.2 Å². The van der Waals surface area contributed by atoms with E-state index < -0.39 is 5.97 Å². The van der Waals surface area contributed by atoms with Crippen LogP contribution in [0.2, 0.25) is 0 Å². The van der Waals surface area contributed by atoms with Crippen LogP contribution in [0, 0.1) is 5.41 Å². The van der Waals surface area contributed by atoms with Gasteiger partial charge in [0.05, 0.1) is 19.3 Å². The van der Waals surface area contributed by atoms with Crippen molar-refractivity contribution in [3.8, 4) is 11.5 Å². The molecule has 0 bridgehead atoms. The second kappa shape index (κ2) is 4.86. The predicted molar refractivity (Wildman–Crippen MR) is 66.2 cm³/mol. The number of carbonyl (C=O) groups is 1. The minimum absolute atomic E-state index is 0.108. The van der Waals surface area contributed by atoms with Crippen molar-refractivity contribution in [2.75, 3.05) is 20.3 Å². The van der Waals surface area contributed by atoms with Crippen LogP contribution in [0.25, 0.3) is 0 Å². The number of ether oxygens (including phenoxy) is 2. The molecule has 0 spiro atoms. The fourth-order valence-corrected chi connectivity index (χ4v) is 1.73. The third-order valence-electron chi connectivity index (χ3n) is 3.33. The third kappa shape index (κ3) is 2.56. The number of nitrogens with two attached hydrogens (primary N) is 1. The maximum absolute atomic E-state index is 10.8. The van der Waals surface area contributed by atoms with Gasteiger partial charge in [0.15, 0.2) is 11.5 Å². The highest BCUT2D eigenvalue weighted by atomic mass is 16.5. The van der Waals surface area contributed by atoms with Crippen molar-refractivity contribution in [3.63, 3.8) is 0 Å². The Bertz CT molecular complexity index is 454. The summed E-state index contributed by atoms with van der Waals surface area (Å²) < 4.78 is 10.8. The molecule has 0 radical (unpaired) electrons. The molecule has 0 heterocycles. The molecule has 18 heavy (non-hydrogen) atoms. The summed E-state index contributed by atoms with van der Waals surface area (Å²) in [6.07, 6.45) is 2.16. The van der Waals surface area contributed by atoms with Crippen LogP contribution >= 0.6 is 0 Å². The minimum atomic E-state index is -0.986. The van der Waals surface area contributed by atoms with Gasteiger partial charge in [-0.1, -0.05) is 0 Å². The Morgan fingerprint density at radius 3 is 2.67 bits per heavy atom. The summed E-state index contributed by atoms with van der Waals surface area (Å²) >= 11 is 0. The normalized spacial score (nSPS) is 16.1. The fraction of sp³-hybridized carbons (Fsp3) is 0.462. The van der Waals surface area contributed by atoms with E-state index in [4.69, 9.17) is 20.3 Å². The SMILES string of the molecule is COc1cc(C(=O)O)ccc1OCC1(CN)CC1. The lowest BCUT2D eigenvalue weighted by Crippen LogP contribution is -2.23. The Morgan fingerprint density at radius 2 is 2.17 bits per heavy atom. The molecular formula is C13H17NO4. The van der Waals surface area contributed by atoms with E-state index in [2.05, 4.69) is 0 Å². The molecule has 0 amide bonds. The summed E-state index contributed by atoms with van der Waals surface area (Å²) in [6, 6.07) is 4.58. The van der Waals surface area contributed by atoms with Crippen molar-refractivity contribution >= 4 is 5.97 Å². The summed E-state index contributed by atoms with van der Waals surface area (Å²) in [4.78, 5) is 10.8. The predicted octanol–water partition coefficient (Wildman–Crippen LogP) is 1.51. The van der Waals surface area contributed by atoms with E-state index >= 15 is 0 Å². The standard InChI is InChI=1S/C13H17NO4/c1-17-11-6-9(12(15)16)2-3-10(11)18-8-13(7-14)4-5-13/h2-3,6H,4-5,7-8,14H2,1H3,(H,15,16). The van der Waals surface area contributed by atoms with E-state index in [9.17, 15) is 4.79 Å². The second-order valence-corrected chi connectivity index (χ2v) is 4.66. The van der Waals surface area contributed by atoms with Gasteiger partial charge < -0.3 is 20.3 Å². The lowest BCUT2D eigenvalue weighted by molar-refractivity contribution is 0.0696. The van der Waals surface area contributed by atoms with Crippen LogP contribution in [0.5, 0.6) is 11.5 Å². The van der Waals surface area contributed by atoms with Gasteiger partial charge >= 0.3 is 5.97 Å². The monoisotopic (exact) mass is 251 g/mol. The summed E-state index contributed by atoms with van der Waals surface area (Å²) in [6.45, 7) is 1.16. The zero-order valence-corrected chi connectivity index (χ0v) is 10.3. The molecule has 0 atom stereocenters. The van der Waals surface area contributed by atoms with Gasteiger partial charge in [-0.2, -0.15) is 0 Å². The van der Waals surface area contributed by atoms with Crippen molar-refractivity contribution in [1.29, 1.82) is 0 Å². The van der Waals surface area contributed by atoms with Crippen molar-refractivity contribution in [1.82, 2.24) is 0 Å². The van der Waals surface area contributed by atoms with Gasteiger partial charge in [-0.25, -0.2) is 4.79 Å². The lowest BCUT2D eigenvalue weighted by atomic mass is 10.1. The number of aromatic carboxylic acids is 1. The van der Waals surface area contributed by atoms with Crippen LogP contribution < -0.4 is 15.2 Å². The maximum atomic E-state index is 10.8. The molecule has 1 fully saturated rings. The Balaban J connectivity index is 2.10. The van der Waals surface area contributed by atoms with Gasteiger partial charge in [0, 0.05) is 12.0 Å². The van der Waals surface area contributed by atoms with Gasteiger partial charge in [0.25, 0.3) is 0 Å². The Labute approximate surface area is 106 Å². The van der Waals surface area contributed by atoms with Crippen LogP contribution in [0.4, 0.5) is 0 Å². The van der Waals surface area contributed by atoms with Crippen molar-refractivity contribution in [3.05, 3.63) is 23.8 Å². The van der Waals surface area contributed by atoms with Crippen LogP contribution in [0.3, 0.4) is 0 Å². The molecule has 0 aromatic heterocycles. The fourth-order valence-electron chi connectivity index (χ4n) is 1.73.